The number of nitrogens with one attached hydrogen (secondary N) is 1. The minimum absolute atomic E-state index is 0.0491. The summed E-state index contributed by atoms with van der Waals surface area (Å²) < 4.78 is 6.65. The molecule has 0 saturated heterocycles. The number of aromatic nitrogens is 6. The summed E-state index contributed by atoms with van der Waals surface area (Å²) in [7, 11) is 0. The van der Waals surface area contributed by atoms with E-state index in [0.29, 0.717) is 45.3 Å². The van der Waals surface area contributed by atoms with Crippen LogP contribution in [-0.2, 0) is 6.42 Å². The highest BCUT2D eigenvalue weighted by Crippen LogP contribution is 2.43. The van der Waals surface area contributed by atoms with Gasteiger partial charge in [0.25, 0.3) is 0 Å². The summed E-state index contributed by atoms with van der Waals surface area (Å²) in [6, 6.07) is 20.9. The lowest BCUT2D eigenvalue weighted by atomic mass is 9.97. The van der Waals surface area contributed by atoms with Crippen molar-refractivity contribution in [2.45, 2.75) is 247 Å². The van der Waals surface area contributed by atoms with Gasteiger partial charge < -0.3 is 16.0 Å². The topological polar surface area (TPSA) is 129 Å². The fourth-order valence-electron chi connectivity index (χ4n) is 15.3. The van der Waals surface area contributed by atoms with Gasteiger partial charge in [0.2, 0.25) is 0 Å². The molecule has 95 heavy (non-hydrogen) atoms. The van der Waals surface area contributed by atoms with Crippen molar-refractivity contribution in [2.24, 2.45) is 5.73 Å². The highest BCUT2D eigenvalue weighted by atomic mass is 35.5. The highest BCUT2D eigenvalue weighted by Gasteiger charge is 2.32. The summed E-state index contributed by atoms with van der Waals surface area (Å²) in [6.45, 7) is 46.0. The van der Waals surface area contributed by atoms with Crippen molar-refractivity contribution in [3.8, 4) is 17.1 Å². The number of halogens is 3. The Kier molecular flexibility index (Phi) is 26.9. The molecule has 0 radical (unpaired) electrons. The van der Waals surface area contributed by atoms with E-state index in [1.165, 1.54) is 118 Å². The molecule has 7 heterocycles. The molecule has 1 aliphatic rings. The van der Waals surface area contributed by atoms with Crippen LogP contribution < -0.4 is 16.0 Å². The number of ketones is 2. The van der Waals surface area contributed by atoms with Gasteiger partial charge >= 0.3 is 0 Å². The van der Waals surface area contributed by atoms with Crippen LogP contribution in [0.3, 0.4) is 0 Å². The van der Waals surface area contributed by atoms with Crippen LogP contribution >= 0.6 is 34.8 Å². The molecular formula is C81H110Cl3N9O2. The monoisotopic (exact) mass is 1350 g/mol. The molecule has 0 saturated carbocycles. The third-order valence-corrected chi connectivity index (χ3v) is 19.6. The fourth-order valence-corrected chi connectivity index (χ4v) is 16.0. The molecule has 14 heteroatoms. The number of nitrogens with zero attached hydrogens (tertiary/aromatic N) is 7. The number of alkyl halides is 2. The van der Waals surface area contributed by atoms with Crippen molar-refractivity contribution in [3.05, 3.63) is 161 Å². The van der Waals surface area contributed by atoms with Crippen molar-refractivity contribution >= 4 is 90.8 Å². The van der Waals surface area contributed by atoms with Crippen molar-refractivity contribution in [2.75, 3.05) is 28.5 Å². The number of Topliss-reactive ketones (excluding diaryl/α,β-unsaturated/α-hetero) is 2. The SMILES string of the molecule is CCCC(CCC)N1CCc2c(C)n(-c3c(C)cc(C)cc3C)c3nc(C)cc1c23.CCCC(CCC)Nc1cc(C)nc2c1c(C(=O)CCl)c(C)n2-c1c(C)cc(C)cc1C.CCCC(N)CCC.Cc1cc(C)c(-n2c(C)c(C(=O)CCl)c3c(Cl)cc(C)nc32)c(C)c1. The van der Waals surface area contributed by atoms with E-state index in [1.807, 2.05) is 32.3 Å². The second kappa shape index (κ2) is 33.6. The second-order valence-electron chi connectivity index (χ2n) is 27.2. The highest BCUT2D eigenvalue weighted by molar-refractivity contribution is 6.39. The number of hydrogen-bond donors (Lipinski definition) is 2. The quantitative estimate of drug-likeness (QED) is 0.0507. The number of pyridine rings is 3. The van der Waals surface area contributed by atoms with Gasteiger partial charge in [-0.15, -0.1) is 23.2 Å². The average Bonchev–Trinajstić information content (AvgIpc) is 1.60. The normalized spacial score (nSPS) is 12.1. The first-order valence-electron chi connectivity index (χ1n) is 35.1. The van der Waals surface area contributed by atoms with Gasteiger partial charge in [0.1, 0.15) is 16.9 Å². The summed E-state index contributed by atoms with van der Waals surface area (Å²) in [5, 5.41) is 7.24. The van der Waals surface area contributed by atoms with E-state index in [4.69, 9.17) is 55.5 Å². The number of carbonyl (C=O) groups excluding carboxylic acids is 2. The first kappa shape index (κ1) is 75.9. The molecule has 0 spiro atoms. The summed E-state index contributed by atoms with van der Waals surface area (Å²) >= 11 is 18.4. The van der Waals surface area contributed by atoms with Gasteiger partial charge in [0, 0.05) is 75.3 Å². The molecule has 1 aliphatic heterocycles. The Morgan fingerprint density at radius 1 is 0.474 bits per heavy atom. The molecule has 9 aromatic rings. The minimum atomic E-state index is -0.141. The lowest BCUT2D eigenvalue weighted by Crippen LogP contribution is -2.39. The van der Waals surface area contributed by atoms with E-state index in [2.05, 4.69) is 186 Å². The van der Waals surface area contributed by atoms with Crippen molar-refractivity contribution in [1.82, 2.24) is 28.7 Å². The fraction of sp³-hybridized carbons (Fsp3) is 0.494. The maximum absolute atomic E-state index is 13.1. The Balaban J connectivity index is 0.000000191. The first-order valence-corrected chi connectivity index (χ1v) is 36.6. The van der Waals surface area contributed by atoms with Gasteiger partial charge in [-0.3, -0.25) is 23.3 Å². The molecule has 3 N–H and O–H groups in total. The number of anilines is 2. The zero-order valence-corrected chi connectivity index (χ0v) is 63.7. The molecule has 11 nitrogen and oxygen atoms in total. The van der Waals surface area contributed by atoms with Crippen LogP contribution in [0.15, 0.2) is 54.6 Å². The number of benzene rings is 3. The maximum Gasteiger partial charge on any atom is 0.180 e. The Morgan fingerprint density at radius 2 is 0.832 bits per heavy atom. The van der Waals surface area contributed by atoms with Gasteiger partial charge in [0.05, 0.1) is 56.0 Å². The lowest BCUT2D eigenvalue weighted by Gasteiger charge is -2.37. The van der Waals surface area contributed by atoms with E-state index >= 15 is 0 Å². The zero-order valence-electron chi connectivity index (χ0n) is 61.4. The van der Waals surface area contributed by atoms with E-state index < -0.39 is 0 Å². The number of carbonyl (C=O) groups is 2. The van der Waals surface area contributed by atoms with Gasteiger partial charge in [-0.05, 0) is 206 Å². The van der Waals surface area contributed by atoms with E-state index in [0.717, 1.165) is 112 Å². The van der Waals surface area contributed by atoms with Crippen LogP contribution in [0.5, 0.6) is 0 Å². The van der Waals surface area contributed by atoms with Gasteiger partial charge in [-0.2, -0.15) is 0 Å². The molecule has 0 fully saturated rings. The lowest BCUT2D eigenvalue weighted by molar-refractivity contribution is 0.101. The molecule has 512 valence electrons. The molecule has 0 unspecified atom stereocenters. The zero-order chi connectivity index (χ0) is 70.0. The minimum Gasteiger partial charge on any atom is -0.382 e. The molecule has 6 aromatic heterocycles. The van der Waals surface area contributed by atoms with Gasteiger partial charge in [-0.1, -0.05) is 145 Å². The molecule has 0 aliphatic carbocycles. The van der Waals surface area contributed by atoms with Crippen molar-refractivity contribution < 1.29 is 9.59 Å². The smallest absolute Gasteiger partial charge is 0.180 e. The summed E-state index contributed by atoms with van der Waals surface area (Å²) in [4.78, 5) is 43.1. The number of nitrogens with two attached hydrogens (primary N) is 1. The Hall–Kier alpha value is -6.50. The molecule has 0 atom stereocenters. The van der Waals surface area contributed by atoms with Crippen LogP contribution in [0.1, 0.15) is 229 Å². The number of rotatable bonds is 22. The first-order chi connectivity index (χ1) is 45.2. The predicted octanol–water partition coefficient (Wildman–Crippen LogP) is 21.8. The van der Waals surface area contributed by atoms with Crippen LogP contribution in [0.25, 0.3) is 50.2 Å². The molecule has 10 rings (SSSR count). The molecule has 0 bridgehead atoms. The number of aryl methyl sites for hydroxylation is 12. The number of hydrogen-bond acceptors (Lipinski definition) is 8. The summed E-state index contributed by atoms with van der Waals surface area (Å²) in [5.41, 5.74) is 33.8. The van der Waals surface area contributed by atoms with E-state index in [-0.39, 0.29) is 23.3 Å². The van der Waals surface area contributed by atoms with Crippen molar-refractivity contribution in [1.29, 1.82) is 0 Å². The van der Waals surface area contributed by atoms with E-state index in [9.17, 15) is 9.59 Å². The van der Waals surface area contributed by atoms with E-state index in [1.54, 1.807) is 6.07 Å². The Bertz CT molecular complexity index is 4140. The third-order valence-electron chi connectivity index (χ3n) is 18.8. The largest absolute Gasteiger partial charge is 0.382 e. The Morgan fingerprint density at radius 3 is 1.23 bits per heavy atom. The van der Waals surface area contributed by atoms with Crippen molar-refractivity contribution in [3.63, 3.8) is 0 Å². The second-order valence-corrected chi connectivity index (χ2v) is 28.2. The summed E-state index contributed by atoms with van der Waals surface area (Å²) in [6.07, 6.45) is 15.3. The van der Waals surface area contributed by atoms with Crippen LogP contribution in [0.2, 0.25) is 5.02 Å². The summed E-state index contributed by atoms with van der Waals surface area (Å²) in [5.74, 6) is -0.341. The standard InChI is InChI=1S/C27H36ClN3O.C27H37N3.C20H20Cl2N2O.C7H17N/c1-8-10-21(11-9-2)30-22-14-19(6)29-27-25(22)24(23(32)15-28)20(7)31(27)26-17(4)12-16(3)13-18(26)5;1-8-10-22(11-9-2)29-13-12-23-21(7)30(26-18(4)14-17(3)15-19(26)5)27-25(23)24(29)16-20(6)28-27;1-10-6-11(2)19(12(3)7-10)24-14(5)17(16(25)9-21)18-15(22)8-13(4)23-20(18)24;1-3-5-7(8)6-4-2/h12-14,21H,8-11,15H2,1-7H3,(H,29,30);14-16,22H,8-13H2,1-7H3;6-8H,9H2,1-5H3;7H,3-6,8H2,1-2H3. The third kappa shape index (κ3) is 16.6. The van der Waals surface area contributed by atoms with Crippen LogP contribution in [0, 0.1) is 104 Å². The maximum atomic E-state index is 13.1. The molecule has 3 aromatic carbocycles. The van der Waals surface area contributed by atoms with Crippen LogP contribution in [0.4, 0.5) is 11.4 Å². The molecular weight excluding hydrogens is 1240 g/mol. The predicted molar refractivity (Wildman–Crippen MR) is 409 cm³/mol. The van der Waals surface area contributed by atoms with Gasteiger partial charge in [0.15, 0.2) is 11.6 Å². The number of fused-ring (bicyclic) bond motifs is 2. The van der Waals surface area contributed by atoms with Gasteiger partial charge in [-0.25, -0.2) is 15.0 Å². The Labute approximate surface area is 584 Å². The average molecular weight is 1350 g/mol. The molecule has 0 amide bonds. The van der Waals surface area contributed by atoms with Crippen LogP contribution in [-0.4, -0.2) is 76.7 Å².